The summed E-state index contributed by atoms with van der Waals surface area (Å²) in [4.78, 5) is 14.0. The number of carbonyl (C=O) groups excluding carboxylic acids is 1. The molecule has 2 N–H and O–H groups in total. The molecule has 1 atom stereocenters. The van der Waals surface area contributed by atoms with Gasteiger partial charge in [0.2, 0.25) is 0 Å². The van der Waals surface area contributed by atoms with Crippen LogP contribution in [0.25, 0.3) is 11.3 Å². The quantitative estimate of drug-likeness (QED) is 0.914. The Balaban J connectivity index is 1.95. The van der Waals surface area contributed by atoms with E-state index in [1.54, 1.807) is 23.1 Å². The van der Waals surface area contributed by atoms with Gasteiger partial charge in [-0.2, -0.15) is 0 Å². The van der Waals surface area contributed by atoms with E-state index in [0.717, 1.165) is 0 Å². The Kier molecular flexibility index (Phi) is 4.57. The molecule has 0 bridgehead atoms. The van der Waals surface area contributed by atoms with Gasteiger partial charge in [0.25, 0.3) is 5.91 Å². The minimum atomic E-state index is -0.310. The summed E-state index contributed by atoms with van der Waals surface area (Å²) < 4.78 is 25.5. The molecule has 128 valence electrons. The molecule has 0 saturated heterocycles. The number of carbonyl (C=O) groups is 1. The number of hydrogen-bond donors (Lipinski definition) is 1. The van der Waals surface area contributed by atoms with Gasteiger partial charge in [0.05, 0.1) is 5.56 Å². The maximum atomic E-state index is 14.0. The van der Waals surface area contributed by atoms with Gasteiger partial charge >= 0.3 is 0 Å². The summed E-state index contributed by atoms with van der Waals surface area (Å²) in [5, 5.41) is 0. The first-order valence-electron chi connectivity index (χ1n) is 8.16. The monoisotopic (exact) mass is 332 g/mol. The predicted octanol–water partition coefficient (Wildman–Crippen LogP) is 2.83. The fourth-order valence-corrected chi connectivity index (χ4v) is 2.95. The first-order valence-corrected chi connectivity index (χ1v) is 8.16. The number of nitrogens with zero attached hydrogens (tertiary/aromatic N) is 1. The van der Waals surface area contributed by atoms with Gasteiger partial charge in [-0.25, -0.2) is 4.39 Å². The molecule has 2 heterocycles. The molecule has 3 rings (SSSR count). The average molecular weight is 332 g/mol. The van der Waals surface area contributed by atoms with Crippen LogP contribution in [0, 0.1) is 5.82 Å². The van der Waals surface area contributed by atoms with Crippen LogP contribution in [-0.4, -0.2) is 36.5 Å². The minimum absolute atomic E-state index is 0.161. The number of ether oxygens (including phenoxy) is 1. The van der Waals surface area contributed by atoms with E-state index in [2.05, 4.69) is 0 Å². The summed E-state index contributed by atoms with van der Waals surface area (Å²) in [5.74, 6) is 0.739. The molecule has 5 nitrogen and oxygen atoms in total. The molecule has 0 radical (unpaired) electrons. The molecule has 1 amide bonds. The zero-order valence-corrected chi connectivity index (χ0v) is 13.8. The number of nitrogens with two attached hydrogens (primary N) is 1. The Bertz CT molecular complexity index is 753. The second-order valence-electron chi connectivity index (χ2n) is 5.72. The number of benzene rings is 1. The van der Waals surface area contributed by atoms with E-state index in [4.69, 9.17) is 14.9 Å². The van der Waals surface area contributed by atoms with Gasteiger partial charge in [0, 0.05) is 31.6 Å². The number of halogens is 1. The van der Waals surface area contributed by atoms with Gasteiger partial charge in [-0.05, 0) is 38.1 Å². The van der Waals surface area contributed by atoms with Crippen molar-refractivity contribution in [2.24, 2.45) is 5.73 Å². The molecule has 1 aromatic heterocycles. The number of fused-ring (bicyclic) bond motifs is 1. The van der Waals surface area contributed by atoms with E-state index in [9.17, 15) is 9.18 Å². The molecule has 1 aromatic carbocycles. The Morgan fingerprint density at radius 1 is 1.29 bits per heavy atom. The van der Waals surface area contributed by atoms with Crippen molar-refractivity contribution in [3.8, 4) is 17.1 Å². The van der Waals surface area contributed by atoms with Gasteiger partial charge in [-0.15, -0.1) is 0 Å². The molecule has 0 fully saturated rings. The van der Waals surface area contributed by atoms with Gasteiger partial charge < -0.3 is 19.8 Å². The molecule has 2 aromatic rings. The number of furan rings is 1. The van der Waals surface area contributed by atoms with E-state index in [1.807, 2.05) is 13.8 Å². The zero-order valence-electron chi connectivity index (χ0n) is 13.8. The summed E-state index contributed by atoms with van der Waals surface area (Å²) in [6.07, 6.45) is 0.208. The van der Waals surface area contributed by atoms with Crippen molar-refractivity contribution in [2.45, 2.75) is 26.4 Å². The normalized spacial score (nSPS) is 15.9. The molecule has 1 aliphatic rings. The van der Waals surface area contributed by atoms with Gasteiger partial charge in [-0.3, -0.25) is 4.79 Å². The lowest BCUT2D eigenvalue weighted by molar-refractivity contribution is 0.0742. The standard InChI is InChI=1S/C18H21FN2O3/c1-3-21(4-2)18(22)16-8-7-15(24-16)12-5-6-14(19)13-9-11(10-20)23-17(12)13/h5-8,11H,3-4,9-10,20H2,1-2H3/t11-/m1/s1. The van der Waals surface area contributed by atoms with Crippen LogP contribution in [0.5, 0.6) is 5.75 Å². The lowest BCUT2D eigenvalue weighted by Gasteiger charge is -2.16. The third-order valence-electron chi connectivity index (χ3n) is 4.32. The molecule has 6 heteroatoms. The molecular weight excluding hydrogens is 311 g/mol. The Labute approximate surface area is 140 Å². The van der Waals surface area contributed by atoms with Crippen molar-refractivity contribution in [2.75, 3.05) is 19.6 Å². The fraction of sp³-hybridized carbons (Fsp3) is 0.389. The van der Waals surface area contributed by atoms with Crippen LogP contribution in [-0.2, 0) is 6.42 Å². The van der Waals surface area contributed by atoms with E-state index in [-0.39, 0.29) is 23.6 Å². The van der Waals surface area contributed by atoms with Crippen LogP contribution >= 0.6 is 0 Å². The highest BCUT2D eigenvalue weighted by molar-refractivity contribution is 5.92. The molecular formula is C18H21FN2O3. The Morgan fingerprint density at radius 2 is 2.04 bits per heavy atom. The number of hydrogen-bond acceptors (Lipinski definition) is 4. The Morgan fingerprint density at radius 3 is 2.71 bits per heavy atom. The number of amides is 1. The molecule has 1 aliphatic heterocycles. The van der Waals surface area contributed by atoms with Crippen LogP contribution in [0.15, 0.2) is 28.7 Å². The van der Waals surface area contributed by atoms with Gasteiger partial charge in [0.15, 0.2) is 5.76 Å². The smallest absolute Gasteiger partial charge is 0.289 e. The lowest BCUT2D eigenvalue weighted by atomic mass is 10.0. The highest BCUT2D eigenvalue weighted by Crippen LogP contribution is 2.40. The first-order chi connectivity index (χ1) is 11.6. The summed E-state index contributed by atoms with van der Waals surface area (Å²) in [6.45, 7) is 5.37. The minimum Gasteiger partial charge on any atom is -0.488 e. The van der Waals surface area contributed by atoms with Crippen LogP contribution in [0.2, 0.25) is 0 Å². The van der Waals surface area contributed by atoms with E-state index in [1.165, 1.54) is 6.07 Å². The third-order valence-corrected chi connectivity index (χ3v) is 4.32. The third kappa shape index (κ3) is 2.78. The first kappa shape index (κ1) is 16.5. The van der Waals surface area contributed by atoms with Crippen molar-refractivity contribution in [3.63, 3.8) is 0 Å². The predicted molar refractivity (Wildman–Crippen MR) is 88.5 cm³/mol. The van der Waals surface area contributed by atoms with Crippen LogP contribution in [0.3, 0.4) is 0 Å². The fourth-order valence-electron chi connectivity index (χ4n) is 2.95. The van der Waals surface area contributed by atoms with Crippen molar-refractivity contribution in [1.82, 2.24) is 4.90 Å². The highest BCUT2D eigenvalue weighted by atomic mass is 19.1. The molecule has 0 saturated carbocycles. The zero-order chi connectivity index (χ0) is 17.3. The van der Waals surface area contributed by atoms with Gasteiger partial charge in [0.1, 0.15) is 23.4 Å². The second kappa shape index (κ2) is 6.65. The van der Waals surface area contributed by atoms with Crippen molar-refractivity contribution >= 4 is 5.91 Å². The summed E-state index contributed by atoms with van der Waals surface area (Å²) >= 11 is 0. The van der Waals surface area contributed by atoms with Crippen molar-refractivity contribution < 1.29 is 18.3 Å². The molecule has 0 unspecified atom stereocenters. The second-order valence-corrected chi connectivity index (χ2v) is 5.72. The maximum absolute atomic E-state index is 14.0. The van der Waals surface area contributed by atoms with Crippen LogP contribution in [0.1, 0.15) is 30.0 Å². The van der Waals surface area contributed by atoms with Gasteiger partial charge in [-0.1, -0.05) is 0 Å². The maximum Gasteiger partial charge on any atom is 0.289 e. The van der Waals surface area contributed by atoms with Crippen molar-refractivity contribution in [1.29, 1.82) is 0 Å². The summed E-state index contributed by atoms with van der Waals surface area (Å²) in [7, 11) is 0. The van der Waals surface area contributed by atoms with Crippen LogP contribution < -0.4 is 10.5 Å². The SMILES string of the molecule is CCN(CC)C(=O)c1ccc(-c2ccc(F)c3c2O[C@@H](CN)C3)o1. The lowest BCUT2D eigenvalue weighted by Crippen LogP contribution is -2.30. The largest absolute Gasteiger partial charge is 0.488 e. The van der Waals surface area contributed by atoms with Crippen molar-refractivity contribution in [3.05, 3.63) is 41.4 Å². The number of rotatable bonds is 5. The molecule has 24 heavy (non-hydrogen) atoms. The topological polar surface area (TPSA) is 68.7 Å². The van der Waals surface area contributed by atoms with E-state index >= 15 is 0 Å². The van der Waals surface area contributed by atoms with Crippen LogP contribution in [0.4, 0.5) is 4.39 Å². The average Bonchev–Trinajstić information content (AvgIpc) is 3.23. The Hall–Kier alpha value is -2.34. The van der Waals surface area contributed by atoms with E-state index in [0.29, 0.717) is 48.7 Å². The highest BCUT2D eigenvalue weighted by Gasteiger charge is 2.29. The molecule has 0 aliphatic carbocycles. The summed E-state index contributed by atoms with van der Waals surface area (Å²) in [6, 6.07) is 6.35. The summed E-state index contributed by atoms with van der Waals surface area (Å²) in [5.41, 5.74) is 6.79. The molecule has 0 spiro atoms. The van der Waals surface area contributed by atoms with E-state index < -0.39 is 0 Å².